The van der Waals surface area contributed by atoms with Crippen LogP contribution in [0, 0.1) is 5.92 Å². The molecule has 1 saturated carbocycles. The summed E-state index contributed by atoms with van der Waals surface area (Å²) in [7, 11) is 0. The van der Waals surface area contributed by atoms with Gasteiger partial charge in [0.2, 0.25) is 0 Å². The summed E-state index contributed by atoms with van der Waals surface area (Å²) in [5.74, 6) is 0.374. The molecule has 0 spiro atoms. The Kier molecular flexibility index (Phi) is 7.97. The molecule has 10 heteroatoms. The highest BCUT2D eigenvalue weighted by molar-refractivity contribution is 5.00. The van der Waals surface area contributed by atoms with Crippen molar-refractivity contribution in [3.8, 4) is 0 Å². The standard InChI is InChI=1S/C17H35N3O7/c1-6(2)5-20-9-4-8(18)16(13(24)11(9)22)27-17-10(19)12(23)14(25)15(26-17)7(3)21/h6-17,20-25H,4-5,18-19H2,1-3H3. The van der Waals surface area contributed by atoms with Crippen molar-refractivity contribution in [1.29, 1.82) is 0 Å². The molecule has 2 aliphatic rings. The van der Waals surface area contributed by atoms with E-state index in [0.29, 0.717) is 18.9 Å². The van der Waals surface area contributed by atoms with Crippen LogP contribution in [0.15, 0.2) is 0 Å². The van der Waals surface area contributed by atoms with E-state index in [9.17, 15) is 25.5 Å². The van der Waals surface area contributed by atoms with Crippen molar-refractivity contribution in [3.05, 3.63) is 0 Å². The van der Waals surface area contributed by atoms with Gasteiger partial charge in [0.25, 0.3) is 0 Å². The van der Waals surface area contributed by atoms with Crippen molar-refractivity contribution in [2.45, 2.75) is 94.3 Å². The van der Waals surface area contributed by atoms with Gasteiger partial charge in [0.15, 0.2) is 6.29 Å². The third-order valence-electron chi connectivity index (χ3n) is 5.29. The molecule has 1 heterocycles. The smallest absolute Gasteiger partial charge is 0.176 e. The first kappa shape index (κ1) is 22.9. The van der Waals surface area contributed by atoms with Gasteiger partial charge in [-0.15, -0.1) is 0 Å². The number of hydrogen-bond donors (Lipinski definition) is 8. The van der Waals surface area contributed by atoms with Crippen molar-refractivity contribution in [2.24, 2.45) is 17.4 Å². The van der Waals surface area contributed by atoms with Crippen LogP contribution in [-0.2, 0) is 9.47 Å². The molecule has 1 aliphatic carbocycles. The molecule has 0 aromatic heterocycles. The van der Waals surface area contributed by atoms with Crippen LogP contribution in [-0.4, -0.2) is 99.2 Å². The maximum absolute atomic E-state index is 10.5. The molecule has 160 valence electrons. The largest absolute Gasteiger partial charge is 0.391 e. The molecule has 27 heavy (non-hydrogen) atoms. The maximum atomic E-state index is 10.5. The van der Waals surface area contributed by atoms with E-state index in [1.54, 1.807) is 0 Å². The minimum Gasteiger partial charge on any atom is -0.391 e. The van der Waals surface area contributed by atoms with Crippen LogP contribution in [0.3, 0.4) is 0 Å². The summed E-state index contributed by atoms with van der Waals surface area (Å²) in [4.78, 5) is 0. The molecule has 2 fully saturated rings. The Morgan fingerprint density at radius 2 is 1.67 bits per heavy atom. The van der Waals surface area contributed by atoms with Crippen LogP contribution in [0.25, 0.3) is 0 Å². The number of aliphatic hydroxyl groups excluding tert-OH is 5. The van der Waals surface area contributed by atoms with E-state index in [1.165, 1.54) is 6.92 Å². The number of nitrogens with one attached hydrogen (secondary N) is 1. The summed E-state index contributed by atoms with van der Waals surface area (Å²) in [6.07, 6.45) is -9.15. The number of hydrogen-bond acceptors (Lipinski definition) is 10. The number of aliphatic hydroxyl groups is 5. The zero-order valence-corrected chi connectivity index (χ0v) is 16.0. The van der Waals surface area contributed by atoms with Crippen LogP contribution < -0.4 is 16.8 Å². The Labute approximate surface area is 159 Å². The average Bonchev–Trinajstić information content (AvgIpc) is 2.59. The summed E-state index contributed by atoms with van der Waals surface area (Å²) in [5.41, 5.74) is 12.0. The second-order valence-electron chi connectivity index (χ2n) is 8.16. The molecule has 10 nitrogen and oxygen atoms in total. The monoisotopic (exact) mass is 393 g/mol. The third kappa shape index (κ3) is 5.15. The van der Waals surface area contributed by atoms with Crippen molar-refractivity contribution < 1.29 is 35.0 Å². The van der Waals surface area contributed by atoms with Gasteiger partial charge in [-0.2, -0.15) is 0 Å². The normalized spacial score (nSPS) is 47.2. The van der Waals surface area contributed by atoms with Crippen molar-refractivity contribution >= 4 is 0 Å². The van der Waals surface area contributed by atoms with Gasteiger partial charge in [-0.05, 0) is 25.8 Å². The second kappa shape index (κ2) is 9.40. The van der Waals surface area contributed by atoms with Crippen LogP contribution >= 0.6 is 0 Å². The van der Waals surface area contributed by atoms with Crippen LogP contribution in [0.1, 0.15) is 27.2 Å². The van der Waals surface area contributed by atoms with Gasteiger partial charge in [-0.3, -0.25) is 0 Å². The zero-order valence-electron chi connectivity index (χ0n) is 16.0. The topological polar surface area (TPSA) is 184 Å². The van der Waals surface area contributed by atoms with E-state index < -0.39 is 61.1 Å². The third-order valence-corrected chi connectivity index (χ3v) is 5.29. The fourth-order valence-electron chi connectivity index (χ4n) is 3.61. The molecule has 1 saturated heterocycles. The minimum atomic E-state index is -1.38. The van der Waals surface area contributed by atoms with Crippen molar-refractivity contribution in [1.82, 2.24) is 5.32 Å². The van der Waals surface area contributed by atoms with E-state index in [2.05, 4.69) is 5.32 Å². The van der Waals surface area contributed by atoms with E-state index in [4.69, 9.17) is 20.9 Å². The number of rotatable bonds is 6. The summed E-state index contributed by atoms with van der Waals surface area (Å²) in [6, 6.07) is -2.10. The highest BCUT2D eigenvalue weighted by Gasteiger charge is 2.49. The van der Waals surface area contributed by atoms with Gasteiger partial charge in [-0.1, -0.05) is 13.8 Å². The SMILES string of the molecule is CC(C)CNC1CC(N)C(OC2OC(C(C)O)C(O)C(O)C2N)C(O)C1O. The second-order valence-corrected chi connectivity index (χ2v) is 8.16. The fraction of sp³-hybridized carbons (Fsp3) is 1.00. The molecule has 1 aliphatic heterocycles. The van der Waals surface area contributed by atoms with E-state index >= 15 is 0 Å². The molecule has 0 aromatic rings. The van der Waals surface area contributed by atoms with Gasteiger partial charge >= 0.3 is 0 Å². The minimum absolute atomic E-state index is 0.364. The van der Waals surface area contributed by atoms with E-state index in [0.717, 1.165) is 0 Å². The Bertz CT molecular complexity index is 470. The molecule has 10 N–H and O–H groups in total. The summed E-state index contributed by atoms with van der Waals surface area (Å²) >= 11 is 0. The molecule has 11 unspecified atom stereocenters. The molecule has 0 radical (unpaired) electrons. The van der Waals surface area contributed by atoms with Crippen LogP contribution in [0.5, 0.6) is 0 Å². The Morgan fingerprint density at radius 3 is 2.22 bits per heavy atom. The first-order chi connectivity index (χ1) is 12.5. The van der Waals surface area contributed by atoms with E-state index in [-0.39, 0.29) is 6.04 Å². The molecule has 2 rings (SSSR count). The zero-order chi connectivity index (χ0) is 20.5. The van der Waals surface area contributed by atoms with Crippen molar-refractivity contribution in [2.75, 3.05) is 6.54 Å². The predicted octanol–water partition coefficient (Wildman–Crippen LogP) is -3.41. The summed E-state index contributed by atoms with van der Waals surface area (Å²) in [5, 5.41) is 54.0. The Hall–Kier alpha value is -0.400. The average molecular weight is 393 g/mol. The Morgan fingerprint density at radius 1 is 1.04 bits per heavy atom. The van der Waals surface area contributed by atoms with E-state index in [1.807, 2.05) is 13.8 Å². The van der Waals surface area contributed by atoms with Gasteiger partial charge in [0, 0.05) is 12.1 Å². The molecule has 11 atom stereocenters. The lowest BCUT2D eigenvalue weighted by Gasteiger charge is -2.47. The molecular formula is C17H35N3O7. The van der Waals surface area contributed by atoms with Gasteiger partial charge in [-0.25, -0.2) is 0 Å². The molecule has 0 aromatic carbocycles. The summed E-state index contributed by atoms with van der Waals surface area (Å²) in [6.45, 7) is 6.14. The highest BCUT2D eigenvalue weighted by atomic mass is 16.7. The molecule has 0 amide bonds. The van der Waals surface area contributed by atoms with Crippen LogP contribution in [0.4, 0.5) is 0 Å². The fourth-order valence-corrected chi connectivity index (χ4v) is 3.61. The quantitative estimate of drug-likeness (QED) is 0.226. The predicted molar refractivity (Wildman–Crippen MR) is 96.4 cm³/mol. The van der Waals surface area contributed by atoms with Gasteiger partial charge in [0.05, 0.1) is 18.2 Å². The number of ether oxygens (including phenoxy) is 2. The molecule has 0 bridgehead atoms. The Balaban J connectivity index is 2.05. The lowest BCUT2D eigenvalue weighted by atomic mass is 9.83. The summed E-state index contributed by atoms with van der Waals surface area (Å²) < 4.78 is 11.2. The lowest BCUT2D eigenvalue weighted by molar-refractivity contribution is -0.301. The van der Waals surface area contributed by atoms with Gasteiger partial charge < -0.3 is 51.8 Å². The molecular weight excluding hydrogens is 358 g/mol. The first-order valence-electron chi connectivity index (χ1n) is 9.50. The van der Waals surface area contributed by atoms with Crippen LogP contribution in [0.2, 0.25) is 0 Å². The number of nitrogens with two attached hydrogens (primary N) is 2. The first-order valence-corrected chi connectivity index (χ1v) is 9.50. The maximum Gasteiger partial charge on any atom is 0.176 e. The lowest BCUT2D eigenvalue weighted by Crippen LogP contribution is -2.68. The van der Waals surface area contributed by atoms with Crippen molar-refractivity contribution in [3.63, 3.8) is 0 Å². The van der Waals surface area contributed by atoms with Gasteiger partial charge in [0.1, 0.15) is 30.5 Å². The highest BCUT2D eigenvalue weighted by Crippen LogP contribution is 2.28.